The number of aromatic nitrogens is 2. The van der Waals surface area contributed by atoms with E-state index in [0.717, 1.165) is 36.6 Å². The van der Waals surface area contributed by atoms with Crippen LogP contribution in [-0.4, -0.2) is 59.6 Å². The summed E-state index contributed by atoms with van der Waals surface area (Å²) in [6, 6.07) is 9.06. The van der Waals surface area contributed by atoms with Gasteiger partial charge in [-0.25, -0.2) is 9.37 Å². The van der Waals surface area contributed by atoms with E-state index in [1.54, 1.807) is 12.1 Å². The minimum atomic E-state index is -4.72. The Bertz CT molecular complexity index is 1480. The molecule has 0 radical (unpaired) electrons. The lowest BCUT2D eigenvalue weighted by Gasteiger charge is -2.29. The molecule has 1 amide bonds. The molecular formula is C27H29F4N5O3. The van der Waals surface area contributed by atoms with Crippen LogP contribution in [0.15, 0.2) is 46.2 Å². The number of nitrogens with one attached hydrogen (secondary N) is 1. The second-order valence-corrected chi connectivity index (χ2v) is 9.92. The first-order valence-corrected chi connectivity index (χ1v) is 12.3. The molecule has 0 fully saturated rings. The van der Waals surface area contributed by atoms with Crippen LogP contribution in [0.25, 0.3) is 22.3 Å². The van der Waals surface area contributed by atoms with Crippen LogP contribution in [0.4, 0.5) is 23.2 Å². The Morgan fingerprint density at radius 1 is 1.18 bits per heavy atom. The third-order valence-corrected chi connectivity index (χ3v) is 6.72. The summed E-state index contributed by atoms with van der Waals surface area (Å²) in [6.45, 7) is 4.18. The van der Waals surface area contributed by atoms with Crippen molar-refractivity contribution in [2.24, 2.45) is 4.99 Å². The maximum absolute atomic E-state index is 14.1. The largest absolute Gasteiger partial charge is 0.494 e. The molecule has 39 heavy (non-hydrogen) atoms. The number of methoxy groups -OCH3 is 1. The van der Waals surface area contributed by atoms with Crippen LogP contribution >= 0.6 is 0 Å². The van der Waals surface area contributed by atoms with Gasteiger partial charge in [0.2, 0.25) is 5.91 Å². The molecule has 0 saturated carbocycles. The summed E-state index contributed by atoms with van der Waals surface area (Å²) < 4.78 is 60.4. The van der Waals surface area contributed by atoms with Gasteiger partial charge in [0.25, 0.3) is 5.56 Å². The van der Waals surface area contributed by atoms with Gasteiger partial charge in [0.05, 0.1) is 24.6 Å². The highest BCUT2D eigenvalue weighted by atomic mass is 19.4. The number of anilines is 1. The molecular weight excluding hydrogens is 518 g/mol. The first kappa shape index (κ1) is 28.1. The van der Waals surface area contributed by atoms with E-state index in [1.807, 2.05) is 24.5 Å². The molecule has 12 heteroatoms. The molecule has 0 spiro atoms. The summed E-state index contributed by atoms with van der Waals surface area (Å²) in [7, 11) is 1.27. The smallest absolute Gasteiger partial charge is 0.410 e. The molecule has 0 bridgehead atoms. The number of carbonyl (C=O) groups excluding carboxylic acids is 1. The number of benzene rings is 2. The van der Waals surface area contributed by atoms with Gasteiger partial charge in [0, 0.05) is 36.5 Å². The Kier molecular flexibility index (Phi) is 7.67. The number of amides is 1. The second kappa shape index (κ2) is 10.7. The van der Waals surface area contributed by atoms with Crippen molar-refractivity contribution in [1.82, 2.24) is 14.9 Å². The molecule has 1 aliphatic heterocycles. The van der Waals surface area contributed by atoms with Crippen LogP contribution in [0.2, 0.25) is 0 Å². The number of nitrogens with zero attached hydrogens (tertiary/aromatic N) is 4. The lowest BCUT2D eigenvalue weighted by molar-refractivity contribution is -0.188. The molecule has 1 unspecified atom stereocenters. The zero-order chi connectivity index (χ0) is 28.5. The number of halogens is 4. The SMILES string of the molecule is COc1cc(-c2nc3ccc(N4CCN=CCC4C)cc3c(=O)n2CC(=O)NC(C)(C)C(F)(F)F)ccc1F. The number of hydrogen-bond donors (Lipinski definition) is 1. The molecule has 1 aliphatic rings. The Balaban J connectivity index is 1.85. The van der Waals surface area contributed by atoms with Crippen LogP contribution in [-0.2, 0) is 11.3 Å². The normalized spacial score (nSPS) is 16.3. The third-order valence-electron chi connectivity index (χ3n) is 6.72. The second-order valence-electron chi connectivity index (χ2n) is 9.92. The molecule has 1 N–H and O–H groups in total. The highest BCUT2D eigenvalue weighted by Crippen LogP contribution is 2.30. The highest BCUT2D eigenvalue weighted by Gasteiger charge is 2.48. The van der Waals surface area contributed by atoms with Crippen molar-refractivity contribution >= 4 is 28.7 Å². The van der Waals surface area contributed by atoms with Crippen LogP contribution in [0, 0.1) is 5.82 Å². The van der Waals surface area contributed by atoms with E-state index in [9.17, 15) is 27.2 Å². The van der Waals surface area contributed by atoms with Crippen molar-refractivity contribution in [2.45, 2.75) is 51.5 Å². The van der Waals surface area contributed by atoms with Crippen molar-refractivity contribution in [3.8, 4) is 17.1 Å². The van der Waals surface area contributed by atoms with Crippen molar-refractivity contribution in [3.63, 3.8) is 0 Å². The highest BCUT2D eigenvalue weighted by molar-refractivity contribution is 5.85. The van der Waals surface area contributed by atoms with Gasteiger partial charge in [0.1, 0.15) is 17.9 Å². The maximum atomic E-state index is 14.1. The molecule has 4 rings (SSSR count). The maximum Gasteiger partial charge on any atom is 0.410 e. The van der Waals surface area contributed by atoms with Gasteiger partial charge in [-0.1, -0.05) is 0 Å². The minimum absolute atomic E-state index is 0.0185. The first-order chi connectivity index (χ1) is 18.3. The van der Waals surface area contributed by atoms with E-state index in [2.05, 4.69) is 14.9 Å². The van der Waals surface area contributed by atoms with Crippen molar-refractivity contribution in [1.29, 1.82) is 0 Å². The molecule has 208 valence electrons. The van der Waals surface area contributed by atoms with Gasteiger partial charge in [-0.2, -0.15) is 13.2 Å². The monoisotopic (exact) mass is 547 g/mol. The Morgan fingerprint density at radius 3 is 2.62 bits per heavy atom. The number of fused-ring (bicyclic) bond motifs is 1. The minimum Gasteiger partial charge on any atom is -0.494 e. The number of carbonyl (C=O) groups is 1. The molecule has 3 aromatic rings. The summed E-state index contributed by atoms with van der Waals surface area (Å²) >= 11 is 0. The van der Waals surface area contributed by atoms with Crippen molar-refractivity contribution in [3.05, 3.63) is 52.6 Å². The molecule has 1 aromatic heterocycles. The van der Waals surface area contributed by atoms with Gasteiger partial charge in [-0.3, -0.25) is 19.1 Å². The lowest BCUT2D eigenvalue weighted by atomic mass is 10.1. The number of hydrogen-bond acceptors (Lipinski definition) is 6. The van der Waals surface area contributed by atoms with E-state index in [0.29, 0.717) is 18.6 Å². The average molecular weight is 548 g/mol. The molecule has 2 heterocycles. The standard InChI is InChI=1S/C27H29F4N5O3/c1-16-9-10-32-11-12-35(16)18-6-8-21-19(14-18)25(38)36(15-23(37)34-26(2,3)27(29,30)31)24(33-21)17-5-7-20(28)22(13-17)39-4/h5-8,10,13-14,16H,9,11-12,15H2,1-4H3,(H,34,37). The third kappa shape index (κ3) is 5.74. The fourth-order valence-electron chi connectivity index (χ4n) is 4.37. The molecule has 2 aromatic carbocycles. The van der Waals surface area contributed by atoms with Crippen LogP contribution in [0.1, 0.15) is 27.2 Å². The molecule has 1 atom stereocenters. The molecule has 8 nitrogen and oxygen atoms in total. The van der Waals surface area contributed by atoms with Crippen LogP contribution < -0.4 is 20.5 Å². The summed E-state index contributed by atoms with van der Waals surface area (Å²) in [5, 5.41) is 2.13. The number of rotatable bonds is 6. The van der Waals surface area contributed by atoms with Gasteiger partial charge in [0.15, 0.2) is 11.6 Å². The number of alkyl halides is 3. The number of ether oxygens (including phenoxy) is 1. The number of aliphatic imine (C=N–C) groups is 1. The van der Waals surface area contributed by atoms with E-state index >= 15 is 0 Å². The summed E-state index contributed by atoms with van der Waals surface area (Å²) in [5.41, 5.74) is -1.84. The summed E-state index contributed by atoms with van der Waals surface area (Å²) in [6.07, 6.45) is -2.13. The predicted molar refractivity (Wildman–Crippen MR) is 141 cm³/mol. The fourth-order valence-corrected chi connectivity index (χ4v) is 4.37. The van der Waals surface area contributed by atoms with Gasteiger partial charge >= 0.3 is 6.18 Å². The van der Waals surface area contributed by atoms with Gasteiger partial charge in [-0.15, -0.1) is 0 Å². The van der Waals surface area contributed by atoms with Crippen molar-refractivity contribution in [2.75, 3.05) is 25.1 Å². The quantitative estimate of drug-likeness (QED) is 0.464. The Morgan fingerprint density at radius 2 is 1.92 bits per heavy atom. The molecule has 0 saturated heterocycles. The van der Waals surface area contributed by atoms with E-state index in [1.165, 1.54) is 19.2 Å². The zero-order valence-electron chi connectivity index (χ0n) is 22.0. The van der Waals surface area contributed by atoms with Crippen LogP contribution in [0.5, 0.6) is 5.75 Å². The molecule has 0 aliphatic carbocycles. The first-order valence-electron chi connectivity index (χ1n) is 12.3. The van der Waals surface area contributed by atoms with E-state index < -0.39 is 35.5 Å². The van der Waals surface area contributed by atoms with Gasteiger partial charge in [-0.05, 0) is 57.2 Å². The topological polar surface area (TPSA) is 88.8 Å². The van der Waals surface area contributed by atoms with Gasteiger partial charge < -0.3 is 15.0 Å². The Hall–Kier alpha value is -3.96. The van der Waals surface area contributed by atoms with E-state index in [-0.39, 0.29) is 28.6 Å². The van der Waals surface area contributed by atoms with Crippen LogP contribution in [0.3, 0.4) is 0 Å². The fraction of sp³-hybridized carbons (Fsp3) is 0.407. The Labute approximate surface area is 222 Å². The zero-order valence-corrected chi connectivity index (χ0v) is 22.0. The average Bonchev–Trinajstić information content (AvgIpc) is 3.09. The van der Waals surface area contributed by atoms with E-state index in [4.69, 9.17) is 4.74 Å². The van der Waals surface area contributed by atoms with Crippen molar-refractivity contribution < 1.29 is 27.1 Å². The summed E-state index contributed by atoms with van der Waals surface area (Å²) in [5.74, 6) is -1.83. The predicted octanol–water partition coefficient (Wildman–Crippen LogP) is 4.34. The lowest BCUT2D eigenvalue weighted by Crippen LogP contribution is -2.55. The summed E-state index contributed by atoms with van der Waals surface area (Å²) in [4.78, 5) is 37.6.